The number of hydrogen-bond acceptors (Lipinski definition) is 3. The molecule has 2 fully saturated rings. The summed E-state index contributed by atoms with van der Waals surface area (Å²) in [6.45, 7) is 4.07. The van der Waals surface area contributed by atoms with Gasteiger partial charge in [-0.05, 0) is 33.1 Å². The molecule has 3 unspecified atom stereocenters. The van der Waals surface area contributed by atoms with Crippen molar-refractivity contribution in [3.63, 3.8) is 0 Å². The molecule has 0 aromatic carbocycles. The maximum atomic E-state index is 12.1. The minimum absolute atomic E-state index is 0.0473. The maximum Gasteiger partial charge on any atom is 0.227 e. The molecule has 0 aromatic heterocycles. The van der Waals surface area contributed by atoms with Crippen LogP contribution in [-0.4, -0.2) is 37.5 Å². The Hall–Kier alpha value is -1.10. The molecule has 0 aliphatic carbocycles. The SMILES string of the molecule is CNC(=O)C(C)(C)CNC(=O)C1CC2CCC1N2. The van der Waals surface area contributed by atoms with Crippen molar-refractivity contribution in [2.75, 3.05) is 13.6 Å². The van der Waals surface area contributed by atoms with Crippen LogP contribution in [0, 0.1) is 11.3 Å². The van der Waals surface area contributed by atoms with E-state index in [4.69, 9.17) is 0 Å². The molecule has 0 spiro atoms. The van der Waals surface area contributed by atoms with Crippen LogP contribution in [0.5, 0.6) is 0 Å². The van der Waals surface area contributed by atoms with Crippen LogP contribution in [0.3, 0.4) is 0 Å². The van der Waals surface area contributed by atoms with Crippen molar-refractivity contribution in [3.05, 3.63) is 0 Å². The zero-order chi connectivity index (χ0) is 13.3. The van der Waals surface area contributed by atoms with Gasteiger partial charge < -0.3 is 16.0 Å². The lowest BCUT2D eigenvalue weighted by molar-refractivity contribution is -0.130. The Morgan fingerprint density at radius 1 is 1.33 bits per heavy atom. The smallest absolute Gasteiger partial charge is 0.227 e. The Morgan fingerprint density at radius 3 is 2.56 bits per heavy atom. The fourth-order valence-electron chi connectivity index (χ4n) is 2.97. The summed E-state index contributed by atoms with van der Waals surface area (Å²) in [6, 6.07) is 0.871. The highest BCUT2D eigenvalue weighted by atomic mass is 16.2. The van der Waals surface area contributed by atoms with Gasteiger partial charge in [-0.1, -0.05) is 0 Å². The third-order valence-corrected chi connectivity index (χ3v) is 4.18. The Labute approximate surface area is 108 Å². The van der Waals surface area contributed by atoms with Crippen molar-refractivity contribution in [2.24, 2.45) is 11.3 Å². The molecule has 2 heterocycles. The molecule has 5 nitrogen and oxygen atoms in total. The van der Waals surface area contributed by atoms with E-state index < -0.39 is 5.41 Å². The molecule has 2 rings (SSSR count). The number of hydrogen-bond donors (Lipinski definition) is 3. The number of rotatable bonds is 4. The molecule has 0 saturated carbocycles. The summed E-state index contributed by atoms with van der Waals surface area (Å²) >= 11 is 0. The predicted octanol–water partition coefficient (Wildman–Crippen LogP) is 0.0153. The summed E-state index contributed by atoms with van der Waals surface area (Å²) in [5.41, 5.74) is -0.560. The van der Waals surface area contributed by atoms with Crippen molar-refractivity contribution in [2.45, 2.75) is 45.2 Å². The molecular formula is C13H23N3O2. The van der Waals surface area contributed by atoms with Gasteiger partial charge in [-0.25, -0.2) is 0 Å². The molecule has 3 atom stereocenters. The Bertz CT molecular complexity index is 354. The van der Waals surface area contributed by atoms with Crippen LogP contribution in [-0.2, 0) is 9.59 Å². The zero-order valence-corrected chi connectivity index (χ0v) is 11.4. The van der Waals surface area contributed by atoms with Crippen LogP contribution in [0.1, 0.15) is 33.1 Å². The highest BCUT2D eigenvalue weighted by molar-refractivity contribution is 5.84. The number of amides is 2. The fourth-order valence-corrected chi connectivity index (χ4v) is 2.97. The summed E-state index contributed by atoms with van der Waals surface area (Å²) in [6.07, 6.45) is 3.23. The van der Waals surface area contributed by atoms with Gasteiger partial charge in [-0.2, -0.15) is 0 Å². The molecule has 102 valence electrons. The van der Waals surface area contributed by atoms with Crippen molar-refractivity contribution in [1.29, 1.82) is 0 Å². The van der Waals surface area contributed by atoms with Gasteiger partial charge in [0.2, 0.25) is 11.8 Å². The average Bonchev–Trinajstić information content (AvgIpc) is 2.97. The van der Waals surface area contributed by atoms with Gasteiger partial charge in [-0.3, -0.25) is 9.59 Å². The zero-order valence-electron chi connectivity index (χ0n) is 11.4. The molecule has 2 aliphatic rings. The molecule has 3 N–H and O–H groups in total. The highest BCUT2D eigenvalue weighted by Crippen LogP contribution is 2.33. The molecule has 5 heteroatoms. The van der Waals surface area contributed by atoms with Crippen LogP contribution < -0.4 is 16.0 Å². The standard InChI is InChI=1S/C13H23N3O2/c1-13(2,12(18)14-3)7-15-11(17)9-6-8-4-5-10(9)16-8/h8-10,16H,4-7H2,1-3H3,(H,14,18)(H,15,17). The minimum atomic E-state index is -0.560. The number of fused-ring (bicyclic) bond motifs is 2. The monoisotopic (exact) mass is 253 g/mol. The lowest BCUT2D eigenvalue weighted by atomic mass is 9.87. The van der Waals surface area contributed by atoms with Gasteiger partial charge in [0.1, 0.15) is 0 Å². The van der Waals surface area contributed by atoms with Gasteiger partial charge in [-0.15, -0.1) is 0 Å². The third-order valence-electron chi connectivity index (χ3n) is 4.18. The number of nitrogens with one attached hydrogen (secondary N) is 3. The van der Waals surface area contributed by atoms with Gasteiger partial charge in [0, 0.05) is 25.7 Å². The van der Waals surface area contributed by atoms with Gasteiger partial charge in [0.05, 0.1) is 11.3 Å². The van der Waals surface area contributed by atoms with E-state index in [-0.39, 0.29) is 17.7 Å². The third kappa shape index (κ3) is 2.51. The molecule has 0 radical (unpaired) electrons. The van der Waals surface area contributed by atoms with Crippen molar-refractivity contribution >= 4 is 11.8 Å². The largest absolute Gasteiger partial charge is 0.359 e. The van der Waals surface area contributed by atoms with E-state index in [0.717, 1.165) is 12.8 Å². The van der Waals surface area contributed by atoms with Crippen LogP contribution in [0.2, 0.25) is 0 Å². The second-order valence-electron chi connectivity index (χ2n) is 6.07. The van der Waals surface area contributed by atoms with Crippen LogP contribution in [0.4, 0.5) is 0 Å². The predicted molar refractivity (Wildman–Crippen MR) is 68.9 cm³/mol. The van der Waals surface area contributed by atoms with E-state index in [1.807, 2.05) is 13.8 Å². The summed E-state index contributed by atoms with van der Waals surface area (Å²) in [5, 5.41) is 9.00. The van der Waals surface area contributed by atoms with E-state index in [9.17, 15) is 9.59 Å². The van der Waals surface area contributed by atoms with Gasteiger partial charge in [0.25, 0.3) is 0 Å². The first-order chi connectivity index (χ1) is 8.44. The molecular weight excluding hydrogens is 230 g/mol. The quantitative estimate of drug-likeness (QED) is 0.661. The normalized spacial score (nSPS) is 30.3. The number of carbonyl (C=O) groups is 2. The first-order valence-corrected chi connectivity index (χ1v) is 6.70. The van der Waals surface area contributed by atoms with Crippen LogP contribution in [0.25, 0.3) is 0 Å². The summed E-state index contributed by atoms with van der Waals surface area (Å²) in [4.78, 5) is 23.7. The minimum Gasteiger partial charge on any atom is -0.359 e. The number of carbonyl (C=O) groups excluding carboxylic acids is 2. The topological polar surface area (TPSA) is 70.2 Å². The Kier molecular flexibility index (Phi) is 3.61. The summed E-state index contributed by atoms with van der Waals surface area (Å²) in [7, 11) is 1.62. The lowest BCUT2D eigenvalue weighted by Gasteiger charge is -2.25. The average molecular weight is 253 g/mol. The van der Waals surface area contributed by atoms with E-state index in [2.05, 4.69) is 16.0 Å². The first-order valence-electron chi connectivity index (χ1n) is 6.70. The summed E-state index contributed by atoms with van der Waals surface area (Å²) < 4.78 is 0. The van der Waals surface area contributed by atoms with Crippen molar-refractivity contribution in [3.8, 4) is 0 Å². The molecule has 18 heavy (non-hydrogen) atoms. The Balaban J connectivity index is 1.83. The lowest BCUT2D eigenvalue weighted by Crippen LogP contribution is -2.46. The van der Waals surface area contributed by atoms with Gasteiger partial charge in [0.15, 0.2) is 0 Å². The maximum absolute atomic E-state index is 12.1. The molecule has 0 aromatic rings. The molecule has 2 amide bonds. The summed E-state index contributed by atoms with van der Waals surface area (Å²) in [5.74, 6) is 0.129. The molecule has 2 bridgehead atoms. The highest BCUT2D eigenvalue weighted by Gasteiger charge is 2.43. The second-order valence-corrected chi connectivity index (χ2v) is 6.07. The van der Waals surface area contributed by atoms with Gasteiger partial charge >= 0.3 is 0 Å². The Morgan fingerprint density at radius 2 is 2.06 bits per heavy atom. The van der Waals surface area contributed by atoms with Crippen LogP contribution in [0.15, 0.2) is 0 Å². The van der Waals surface area contributed by atoms with E-state index in [1.165, 1.54) is 6.42 Å². The van der Waals surface area contributed by atoms with E-state index in [0.29, 0.717) is 18.6 Å². The second kappa shape index (κ2) is 4.88. The van der Waals surface area contributed by atoms with E-state index in [1.54, 1.807) is 7.05 Å². The fraction of sp³-hybridized carbons (Fsp3) is 0.846. The van der Waals surface area contributed by atoms with Crippen molar-refractivity contribution < 1.29 is 9.59 Å². The van der Waals surface area contributed by atoms with Crippen LogP contribution >= 0.6 is 0 Å². The van der Waals surface area contributed by atoms with E-state index >= 15 is 0 Å². The molecule has 2 saturated heterocycles. The molecule has 2 aliphatic heterocycles. The first kappa shape index (κ1) is 13.3. The van der Waals surface area contributed by atoms with Crippen molar-refractivity contribution in [1.82, 2.24) is 16.0 Å².